The van der Waals surface area contributed by atoms with Gasteiger partial charge in [0.25, 0.3) is 5.69 Å². The molecule has 0 bridgehead atoms. The van der Waals surface area contributed by atoms with Crippen molar-refractivity contribution in [1.29, 1.82) is 0 Å². The maximum absolute atomic E-state index is 12.0. The molecule has 0 radical (unpaired) electrons. The fourth-order valence-electron chi connectivity index (χ4n) is 1.86. The molecule has 1 amide bonds. The van der Waals surface area contributed by atoms with Crippen LogP contribution in [0.3, 0.4) is 0 Å². The van der Waals surface area contributed by atoms with Crippen LogP contribution in [0.4, 0.5) is 11.4 Å². The molecule has 0 aliphatic heterocycles. The van der Waals surface area contributed by atoms with Crippen molar-refractivity contribution < 1.29 is 14.5 Å². The Morgan fingerprint density at radius 3 is 2.74 bits per heavy atom. The van der Waals surface area contributed by atoms with E-state index in [1.54, 1.807) is 6.08 Å². The first kappa shape index (κ1) is 16.7. The first-order chi connectivity index (χ1) is 11.0. The predicted molar refractivity (Wildman–Crippen MR) is 91.5 cm³/mol. The number of nitro groups is 1. The van der Waals surface area contributed by atoms with Crippen LogP contribution in [0, 0.1) is 10.1 Å². The van der Waals surface area contributed by atoms with Gasteiger partial charge in [-0.2, -0.15) is 0 Å². The molecule has 0 saturated heterocycles. The molecule has 0 aliphatic rings. The summed E-state index contributed by atoms with van der Waals surface area (Å²) in [6, 6.07) is 11.4. The molecule has 0 unspecified atom stereocenters. The van der Waals surface area contributed by atoms with E-state index in [-0.39, 0.29) is 11.4 Å². The Morgan fingerprint density at radius 1 is 1.30 bits per heavy atom. The number of nitrogens with one attached hydrogen (secondary N) is 1. The first-order valence-electron chi connectivity index (χ1n) is 6.56. The maximum atomic E-state index is 12.0. The lowest BCUT2D eigenvalue weighted by molar-refractivity contribution is -0.384. The summed E-state index contributed by atoms with van der Waals surface area (Å²) in [7, 11) is 1.42. The molecule has 2 aromatic rings. The van der Waals surface area contributed by atoms with E-state index in [0.29, 0.717) is 5.75 Å². The molecule has 0 heterocycles. The molecule has 0 spiro atoms. The van der Waals surface area contributed by atoms with E-state index in [1.165, 1.54) is 31.4 Å². The summed E-state index contributed by atoms with van der Waals surface area (Å²) in [6.45, 7) is 0. The number of nitrogens with zero attached hydrogens (tertiary/aromatic N) is 1. The number of anilines is 1. The van der Waals surface area contributed by atoms with Crippen LogP contribution in [0.1, 0.15) is 5.56 Å². The van der Waals surface area contributed by atoms with Crippen LogP contribution in [-0.4, -0.2) is 17.9 Å². The number of carbonyl (C=O) groups excluding carboxylic acids is 1. The van der Waals surface area contributed by atoms with Crippen molar-refractivity contribution in [1.82, 2.24) is 0 Å². The van der Waals surface area contributed by atoms with Crippen LogP contribution in [0.15, 0.2) is 53.0 Å². The van der Waals surface area contributed by atoms with E-state index in [1.807, 2.05) is 24.3 Å². The largest absolute Gasteiger partial charge is 0.495 e. The Hall–Kier alpha value is -2.67. The Kier molecular flexibility index (Phi) is 5.48. The van der Waals surface area contributed by atoms with Crippen molar-refractivity contribution in [2.75, 3.05) is 12.4 Å². The summed E-state index contributed by atoms with van der Waals surface area (Å²) in [5, 5.41) is 13.4. The van der Waals surface area contributed by atoms with E-state index >= 15 is 0 Å². The smallest absolute Gasteiger partial charge is 0.271 e. The van der Waals surface area contributed by atoms with E-state index in [4.69, 9.17) is 4.74 Å². The minimum atomic E-state index is -0.535. The number of carbonyl (C=O) groups is 1. The van der Waals surface area contributed by atoms with Gasteiger partial charge in [0.2, 0.25) is 5.91 Å². The second-order valence-corrected chi connectivity index (χ2v) is 5.43. The Labute approximate surface area is 141 Å². The van der Waals surface area contributed by atoms with Crippen LogP contribution in [0.5, 0.6) is 5.75 Å². The van der Waals surface area contributed by atoms with Crippen LogP contribution in [-0.2, 0) is 4.79 Å². The number of non-ortho nitro benzene ring substituents is 1. The maximum Gasteiger partial charge on any atom is 0.271 e. The third kappa shape index (κ3) is 4.65. The molecule has 118 valence electrons. The first-order valence-corrected chi connectivity index (χ1v) is 7.36. The van der Waals surface area contributed by atoms with Gasteiger partial charge in [-0.1, -0.05) is 28.1 Å². The van der Waals surface area contributed by atoms with Gasteiger partial charge in [-0.15, -0.1) is 0 Å². The topological polar surface area (TPSA) is 81.5 Å². The molecular formula is C16H13BrN2O4. The molecule has 2 aromatic carbocycles. The van der Waals surface area contributed by atoms with E-state index in [9.17, 15) is 14.9 Å². The van der Waals surface area contributed by atoms with Gasteiger partial charge in [0.15, 0.2) is 0 Å². The number of nitro benzene ring substituents is 1. The van der Waals surface area contributed by atoms with Gasteiger partial charge in [-0.25, -0.2) is 0 Å². The highest BCUT2D eigenvalue weighted by atomic mass is 79.9. The lowest BCUT2D eigenvalue weighted by Gasteiger charge is -2.08. The molecule has 1 N–H and O–H groups in total. The normalized spacial score (nSPS) is 10.5. The van der Waals surface area contributed by atoms with Crippen molar-refractivity contribution in [2.45, 2.75) is 0 Å². The number of rotatable bonds is 5. The second kappa shape index (κ2) is 7.55. The molecule has 0 aliphatic carbocycles. The summed E-state index contributed by atoms with van der Waals surface area (Å²) in [5.74, 6) is -0.0661. The average Bonchev–Trinajstić information content (AvgIpc) is 2.53. The third-order valence-corrected chi connectivity index (χ3v) is 3.42. The van der Waals surface area contributed by atoms with Gasteiger partial charge in [0.1, 0.15) is 5.75 Å². The van der Waals surface area contributed by atoms with Crippen molar-refractivity contribution in [3.63, 3.8) is 0 Å². The Balaban J connectivity index is 2.16. The Bertz CT molecular complexity index is 774. The van der Waals surface area contributed by atoms with Crippen LogP contribution < -0.4 is 10.1 Å². The SMILES string of the molecule is COc1ccc([N+](=O)[O-])cc1NC(=O)/C=C/c1cccc(Br)c1. The van der Waals surface area contributed by atoms with Crippen LogP contribution >= 0.6 is 15.9 Å². The van der Waals surface area contributed by atoms with Crippen LogP contribution in [0.2, 0.25) is 0 Å². The third-order valence-electron chi connectivity index (χ3n) is 2.93. The van der Waals surface area contributed by atoms with Gasteiger partial charge in [0, 0.05) is 22.7 Å². The zero-order valence-electron chi connectivity index (χ0n) is 12.2. The number of ether oxygens (including phenoxy) is 1. The van der Waals surface area contributed by atoms with Crippen molar-refractivity contribution in [3.8, 4) is 5.75 Å². The lowest BCUT2D eigenvalue weighted by atomic mass is 10.2. The van der Waals surface area contributed by atoms with Crippen molar-refractivity contribution in [3.05, 3.63) is 68.7 Å². The molecule has 2 rings (SSSR count). The molecule has 0 atom stereocenters. The van der Waals surface area contributed by atoms with Gasteiger partial charge in [-0.3, -0.25) is 14.9 Å². The lowest BCUT2D eigenvalue weighted by Crippen LogP contribution is -2.09. The standard InChI is InChI=1S/C16H13BrN2O4/c1-23-15-7-6-13(19(21)22)10-14(15)18-16(20)8-5-11-3-2-4-12(17)9-11/h2-10H,1H3,(H,18,20)/b8-5+. The number of hydrogen-bond acceptors (Lipinski definition) is 4. The molecule has 0 saturated carbocycles. The minimum absolute atomic E-state index is 0.128. The zero-order chi connectivity index (χ0) is 16.8. The highest BCUT2D eigenvalue weighted by Gasteiger charge is 2.12. The quantitative estimate of drug-likeness (QED) is 0.485. The number of hydrogen-bond donors (Lipinski definition) is 1. The van der Waals surface area contributed by atoms with E-state index in [0.717, 1.165) is 10.0 Å². The summed E-state index contributed by atoms with van der Waals surface area (Å²) < 4.78 is 6.00. The number of benzene rings is 2. The number of amides is 1. The average molecular weight is 377 g/mol. The highest BCUT2D eigenvalue weighted by Crippen LogP contribution is 2.28. The van der Waals surface area contributed by atoms with Crippen LogP contribution in [0.25, 0.3) is 6.08 Å². The van der Waals surface area contributed by atoms with Gasteiger partial charge in [-0.05, 0) is 29.8 Å². The molecule has 7 heteroatoms. The molecular weight excluding hydrogens is 364 g/mol. The van der Waals surface area contributed by atoms with E-state index in [2.05, 4.69) is 21.2 Å². The van der Waals surface area contributed by atoms with E-state index < -0.39 is 10.8 Å². The summed E-state index contributed by atoms with van der Waals surface area (Å²) in [5.41, 5.74) is 0.961. The molecule has 6 nitrogen and oxygen atoms in total. The summed E-state index contributed by atoms with van der Waals surface area (Å²) >= 11 is 3.35. The summed E-state index contributed by atoms with van der Waals surface area (Å²) in [4.78, 5) is 22.3. The number of halogens is 1. The zero-order valence-corrected chi connectivity index (χ0v) is 13.7. The van der Waals surface area contributed by atoms with Gasteiger partial charge < -0.3 is 10.1 Å². The molecule has 0 aromatic heterocycles. The Morgan fingerprint density at radius 2 is 2.09 bits per heavy atom. The molecule has 23 heavy (non-hydrogen) atoms. The molecule has 0 fully saturated rings. The fourth-order valence-corrected chi connectivity index (χ4v) is 2.28. The monoisotopic (exact) mass is 376 g/mol. The predicted octanol–water partition coefficient (Wildman–Crippen LogP) is 4.02. The van der Waals surface area contributed by atoms with Crippen molar-refractivity contribution in [2.24, 2.45) is 0 Å². The minimum Gasteiger partial charge on any atom is -0.495 e. The van der Waals surface area contributed by atoms with Crippen molar-refractivity contribution >= 4 is 39.3 Å². The second-order valence-electron chi connectivity index (χ2n) is 4.52. The highest BCUT2D eigenvalue weighted by molar-refractivity contribution is 9.10. The van der Waals surface area contributed by atoms with Gasteiger partial charge in [0.05, 0.1) is 17.7 Å². The number of methoxy groups -OCH3 is 1. The summed E-state index contributed by atoms with van der Waals surface area (Å²) in [6.07, 6.45) is 2.99. The fraction of sp³-hybridized carbons (Fsp3) is 0.0625. The van der Waals surface area contributed by atoms with Gasteiger partial charge >= 0.3 is 0 Å².